The highest BCUT2D eigenvalue weighted by atomic mass is 32.2. The molecule has 2 N–H and O–H groups in total. The minimum Gasteiger partial charge on any atom is -0.330 e. The third-order valence-electron chi connectivity index (χ3n) is 4.09. The van der Waals surface area contributed by atoms with E-state index < -0.39 is 10.0 Å². The van der Waals surface area contributed by atoms with Gasteiger partial charge in [-0.1, -0.05) is 26.0 Å². The molecule has 0 radical (unpaired) electrons. The van der Waals surface area contributed by atoms with E-state index >= 15 is 0 Å². The highest BCUT2D eigenvalue weighted by Crippen LogP contribution is 2.24. The summed E-state index contributed by atoms with van der Waals surface area (Å²) in [5.41, 5.74) is 6.80. The molecule has 0 atom stereocenters. The third-order valence-corrected chi connectivity index (χ3v) is 6.00. The van der Waals surface area contributed by atoms with Gasteiger partial charge in [-0.3, -0.25) is 0 Å². The highest BCUT2D eigenvalue weighted by Gasteiger charge is 2.28. The van der Waals surface area contributed by atoms with Gasteiger partial charge in [-0.25, -0.2) is 8.42 Å². The van der Waals surface area contributed by atoms with E-state index in [1.54, 1.807) is 16.4 Å². The standard InChI is InChI=1S/C15H24N2O2S/c1-12(2)14-3-5-15(6-4-14)20(18,19)17-9-7-13(11-16)8-10-17/h3-6,12-13H,7-11,16H2,1-2H3. The minimum absolute atomic E-state index is 0.396. The molecule has 0 spiro atoms. The lowest BCUT2D eigenvalue weighted by molar-refractivity contribution is 0.278. The highest BCUT2D eigenvalue weighted by molar-refractivity contribution is 7.89. The number of benzene rings is 1. The number of hydrogen-bond donors (Lipinski definition) is 1. The molecule has 0 unspecified atom stereocenters. The first-order valence-electron chi connectivity index (χ1n) is 7.25. The maximum absolute atomic E-state index is 12.6. The molecule has 1 aromatic carbocycles. The topological polar surface area (TPSA) is 63.4 Å². The molecule has 112 valence electrons. The van der Waals surface area contributed by atoms with Gasteiger partial charge in [0, 0.05) is 13.1 Å². The average molecular weight is 296 g/mol. The van der Waals surface area contributed by atoms with Crippen LogP contribution in [0.4, 0.5) is 0 Å². The number of nitrogens with zero attached hydrogens (tertiary/aromatic N) is 1. The maximum Gasteiger partial charge on any atom is 0.243 e. The number of rotatable bonds is 4. The van der Waals surface area contributed by atoms with Crippen LogP contribution in [0.3, 0.4) is 0 Å². The Bertz CT molecular complexity index is 529. The predicted molar refractivity (Wildman–Crippen MR) is 81.1 cm³/mol. The molecule has 1 saturated heterocycles. The van der Waals surface area contributed by atoms with Crippen molar-refractivity contribution < 1.29 is 8.42 Å². The van der Waals surface area contributed by atoms with E-state index in [0.29, 0.717) is 36.4 Å². The van der Waals surface area contributed by atoms with Crippen LogP contribution in [0.15, 0.2) is 29.2 Å². The van der Waals surface area contributed by atoms with Gasteiger partial charge in [0.15, 0.2) is 0 Å². The molecule has 0 amide bonds. The fourth-order valence-electron chi connectivity index (χ4n) is 2.56. The summed E-state index contributed by atoms with van der Waals surface area (Å²) >= 11 is 0. The van der Waals surface area contributed by atoms with Gasteiger partial charge in [0.2, 0.25) is 10.0 Å². The Morgan fingerprint density at radius 3 is 2.20 bits per heavy atom. The molecule has 1 aromatic rings. The van der Waals surface area contributed by atoms with Crippen molar-refractivity contribution in [3.8, 4) is 0 Å². The molecular weight excluding hydrogens is 272 g/mol. The van der Waals surface area contributed by atoms with Crippen LogP contribution >= 0.6 is 0 Å². The lowest BCUT2D eigenvalue weighted by Crippen LogP contribution is -2.39. The van der Waals surface area contributed by atoms with Crippen LogP contribution in [-0.4, -0.2) is 32.4 Å². The van der Waals surface area contributed by atoms with Gasteiger partial charge in [-0.2, -0.15) is 4.31 Å². The third kappa shape index (κ3) is 3.22. The van der Waals surface area contributed by atoms with Gasteiger partial charge in [-0.15, -0.1) is 0 Å². The molecular formula is C15H24N2O2S. The largest absolute Gasteiger partial charge is 0.330 e. The number of hydrogen-bond acceptors (Lipinski definition) is 3. The average Bonchev–Trinajstić information content (AvgIpc) is 2.47. The van der Waals surface area contributed by atoms with E-state index in [1.807, 2.05) is 12.1 Å². The molecule has 0 aliphatic carbocycles. The fraction of sp³-hybridized carbons (Fsp3) is 0.600. The molecule has 0 saturated carbocycles. The SMILES string of the molecule is CC(C)c1ccc(S(=O)(=O)N2CCC(CN)CC2)cc1. The van der Waals surface area contributed by atoms with Crippen molar-refractivity contribution in [1.29, 1.82) is 0 Å². The van der Waals surface area contributed by atoms with Gasteiger partial charge in [0.05, 0.1) is 4.90 Å². The zero-order valence-corrected chi connectivity index (χ0v) is 13.1. The first-order valence-corrected chi connectivity index (χ1v) is 8.69. The second kappa shape index (κ2) is 6.24. The van der Waals surface area contributed by atoms with Crippen molar-refractivity contribution in [1.82, 2.24) is 4.31 Å². The Balaban J connectivity index is 2.14. The Morgan fingerprint density at radius 2 is 1.75 bits per heavy atom. The molecule has 1 aliphatic rings. The van der Waals surface area contributed by atoms with Gasteiger partial charge in [0.25, 0.3) is 0 Å². The van der Waals surface area contributed by atoms with Crippen molar-refractivity contribution in [2.75, 3.05) is 19.6 Å². The smallest absolute Gasteiger partial charge is 0.243 e. The predicted octanol–water partition coefficient (Wildman–Crippen LogP) is 2.17. The van der Waals surface area contributed by atoms with Crippen LogP contribution in [0.1, 0.15) is 38.2 Å². The van der Waals surface area contributed by atoms with E-state index in [0.717, 1.165) is 18.4 Å². The molecule has 0 aromatic heterocycles. The second-order valence-electron chi connectivity index (χ2n) is 5.81. The van der Waals surface area contributed by atoms with Crippen molar-refractivity contribution in [3.05, 3.63) is 29.8 Å². The summed E-state index contributed by atoms with van der Waals surface area (Å²) in [5, 5.41) is 0. The van der Waals surface area contributed by atoms with Crippen molar-refractivity contribution in [3.63, 3.8) is 0 Å². The molecule has 1 heterocycles. The summed E-state index contributed by atoms with van der Waals surface area (Å²) < 4.78 is 26.7. The summed E-state index contributed by atoms with van der Waals surface area (Å²) in [7, 11) is -3.34. The van der Waals surface area contributed by atoms with Gasteiger partial charge in [-0.05, 0) is 48.9 Å². The van der Waals surface area contributed by atoms with Crippen LogP contribution < -0.4 is 5.73 Å². The lowest BCUT2D eigenvalue weighted by atomic mass is 9.99. The summed E-state index contributed by atoms with van der Waals surface area (Å²) in [6.45, 7) is 6.01. The van der Waals surface area contributed by atoms with E-state index in [-0.39, 0.29) is 0 Å². The van der Waals surface area contributed by atoms with Gasteiger partial charge in [0.1, 0.15) is 0 Å². The molecule has 5 heteroatoms. The number of nitrogens with two attached hydrogens (primary N) is 1. The monoisotopic (exact) mass is 296 g/mol. The maximum atomic E-state index is 12.6. The Hall–Kier alpha value is -0.910. The summed E-state index contributed by atoms with van der Waals surface area (Å²) in [6.07, 6.45) is 1.72. The van der Waals surface area contributed by atoms with Crippen molar-refractivity contribution >= 4 is 10.0 Å². The molecule has 2 rings (SSSR count). The summed E-state index contributed by atoms with van der Waals surface area (Å²) in [4.78, 5) is 0.396. The van der Waals surface area contributed by atoms with Crippen LogP contribution in [0.2, 0.25) is 0 Å². The van der Waals surface area contributed by atoms with E-state index in [1.165, 1.54) is 0 Å². The Morgan fingerprint density at radius 1 is 1.20 bits per heavy atom. The molecule has 0 bridgehead atoms. The van der Waals surface area contributed by atoms with Crippen LogP contribution in [0.25, 0.3) is 0 Å². The summed E-state index contributed by atoms with van der Waals surface area (Å²) in [5.74, 6) is 0.872. The molecule has 20 heavy (non-hydrogen) atoms. The van der Waals surface area contributed by atoms with E-state index in [9.17, 15) is 8.42 Å². The van der Waals surface area contributed by atoms with Crippen LogP contribution in [0, 0.1) is 5.92 Å². The van der Waals surface area contributed by atoms with E-state index in [4.69, 9.17) is 5.73 Å². The Kier molecular flexibility index (Phi) is 4.83. The molecule has 4 nitrogen and oxygen atoms in total. The molecule has 1 aliphatic heterocycles. The van der Waals surface area contributed by atoms with E-state index in [2.05, 4.69) is 13.8 Å². The summed E-state index contributed by atoms with van der Waals surface area (Å²) in [6, 6.07) is 7.26. The molecule has 1 fully saturated rings. The first-order chi connectivity index (χ1) is 9.45. The lowest BCUT2D eigenvalue weighted by Gasteiger charge is -2.30. The number of sulfonamides is 1. The zero-order valence-electron chi connectivity index (χ0n) is 12.2. The quantitative estimate of drug-likeness (QED) is 0.926. The minimum atomic E-state index is -3.34. The van der Waals surface area contributed by atoms with Crippen molar-refractivity contribution in [2.45, 2.75) is 37.5 Å². The first kappa shape index (κ1) is 15.5. The normalized spacial score (nSPS) is 18.6. The van der Waals surface area contributed by atoms with Gasteiger partial charge < -0.3 is 5.73 Å². The van der Waals surface area contributed by atoms with Crippen LogP contribution in [0.5, 0.6) is 0 Å². The van der Waals surface area contributed by atoms with Gasteiger partial charge >= 0.3 is 0 Å². The fourth-order valence-corrected chi connectivity index (χ4v) is 4.03. The van der Waals surface area contributed by atoms with Crippen molar-refractivity contribution in [2.24, 2.45) is 11.7 Å². The zero-order chi connectivity index (χ0) is 14.8. The number of piperidine rings is 1. The Labute approximate surface area is 122 Å². The van der Waals surface area contributed by atoms with Crippen LogP contribution in [-0.2, 0) is 10.0 Å². The second-order valence-corrected chi connectivity index (χ2v) is 7.74.